The first-order valence-corrected chi connectivity index (χ1v) is 8.94. The van der Waals surface area contributed by atoms with Crippen LogP contribution in [0.1, 0.15) is 11.6 Å². The average molecular weight is 389 g/mol. The Morgan fingerprint density at radius 3 is 2.04 bits per heavy atom. The van der Waals surface area contributed by atoms with Crippen LogP contribution in [0.15, 0.2) is 48.5 Å². The van der Waals surface area contributed by atoms with Crippen LogP contribution in [0.4, 0.5) is 11.4 Å². The van der Waals surface area contributed by atoms with Crippen molar-refractivity contribution >= 4 is 34.8 Å². The molecule has 1 atom stereocenters. The van der Waals surface area contributed by atoms with Crippen LogP contribution in [-0.4, -0.2) is 51.4 Å². The first-order valence-electron chi connectivity index (χ1n) is 8.56. The van der Waals surface area contributed by atoms with Gasteiger partial charge in [0.25, 0.3) is 0 Å². The third kappa shape index (κ3) is 5.98. The van der Waals surface area contributed by atoms with Gasteiger partial charge in [0.05, 0.1) is 6.04 Å². The van der Waals surface area contributed by atoms with Crippen molar-refractivity contribution in [3.8, 4) is 0 Å². The van der Waals surface area contributed by atoms with E-state index in [4.69, 9.17) is 11.6 Å². The molecule has 0 bridgehead atoms. The Morgan fingerprint density at radius 2 is 1.52 bits per heavy atom. The van der Waals surface area contributed by atoms with Gasteiger partial charge in [-0.05, 0) is 56.1 Å². The van der Waals surface area contributed by atoms with Gasteiger partial charge in [0.2, 0.25) is 0 Å². The fourth-order valence-corrected chi connectivity index (χ4v) is 2.71. The summed E-state index contributed by atoms with van der Waals surface area (Å²) >= 11 is 5.81. The maximum atomic E-state index is 12.1. The molecule has 0 aromatic heterocycles. The Kier molecular flexibility index (Phi) is 7.21. The number of hydrogen-bond acceptors (Lipinski definition) is 4. The van der Waals surface area contributed by atoms with Crippen molar-refractivity contribution < 1.29 is 9.59 Å². The fourth-order valence-electron chi connectivity index (χ4n) is 2.58. The lowest BCUT2D eigenvalue weighted by Crippen LogP contribution is -2.40. The van der Waals surface area contributed by atoms with Crippen molar-refractivity contribution in [2.75, 3.05) is 45.0 Å². The van der Waals surface area contributed by atoms with Gasteiger partial charge in [-0.25, -0.2) is 0 Å². The molecule has 2 aromatic rings. The van der Waals surface area contributed by atoms with Gasteiger partial charge in [0, 0.05) is 37.0 Å². The Hall–Kier alpha value is -2.57. The molecule has 2 N–H and O–H groups in total. The van der Waals surface area contributed by atoms with E-state index in [2.05, 4.69) is 10.6 Å². The topological polar surface area (TPSA) is 64.7 Å². The van der Waals surface area contributed by atoms with Crippen LogP contribution in [0.2, 0.25) is 5.02 Å². The second-order valence-electron chi connectivity index (χ2n) is 6.64. The average Bonchev–Trinajstić information content (AvgIpc) is 2.63. The van der Waals surface area contributed by atoms with E-state index in [-0.39, 0.29) is 6.04 Å². The normalized spacial score (nSPS) is 11.8. The fraction of sp³-hybridized carbons (Fsp3) is 0.300. The number of rotatable bonds is 6. The number of nitrogens with one attached hydrogen (secondary N) is 2. The molecule has 0 spiro atoms. The molecule has 0 aliphatic heterocycles. The smallest absolute Gasteiger partial charge is 0.313 e. The molecule has 2 aromatic carbocycles. The molecule has 27 heavy (non-hydrogen) atoms. The monoisotopic (exact) mass is 388 g/mol. The van der Waals surface area contributed by atoms with Crippen LogP contribution < -0.4 is 15.5 Å². The van der Waals surface area contributed by atoms with Crippen LogP contribution in [0.5, 0.6) is 0 Å². The molecule has 1 unspecified atom stereocenters. The van der Waals surface area contributed by atoms with Gasteiger partial charge in [-0.1, -0.05) is 23.7 Å². The van der Waals surface area contributed by atoms with Crippen molar-refractivity contribution in [1.29, 1.82) is 0 Å². The highest BCUT2D eigenvalue weighted by atomic mass is 35.5. The third-order valence-corrected chi connectivity index (χ3v) is 4.43. The summed E-state index contributed by atoms with van der Waals surface area (Å²) in [4.78, 5) is 28.2. The number of likely N-dealkylation sites (N-methyl/N-ethyl adjacent to an activating group) is 1. The summed E-state index contributed by atoms with van der Waals surface area (Å²) in [5.41, 5.74) is 2.68. The number of benzene rings is 2. The number of amides is 2. The first-order chi connectivity index (χ1) is 12.8. The van der Waals surface area contributed by atoms with Gasteiger partial charge in [-0.2, -0.15) is 0 Å². The van der Waals surface area contributed by atoms with E-state index >= 15 is 0 Å². The Bertz CT molecular complexity index is 774. The van der Waals surface area contributed by atoms with E-state index in [9.17, 15) is 9.59 Å². The van der Waals surface area contributed by atoms with E-state index in [1.165, 1.54) is 0 Å². The van der Waals surface area contributed by atoms with Gasteiger partial charge in [-0.3, -0.25) is 9.59 Å². The third-order valence-electron chi connectivity index (χ3n) is 4.18. The van der Waals surface area contributed by atoms with E-state index in [0.29, 0.717) is 17.3 Å². The van der Waals surface area contributed by atoms with E-state index in [1.807, 2.05) is 62.3 Å². The zero-order valence-corrected chi connectivity index (χ0v) is 16.7. The maximum absolute atomic E-state index is 12.1. The highest BCUT2D eigenvalue weighted by Gasteiger charge is 2.19. The molecule has 0 saturated heterocycles. The van der Waals surface area contributed by atoms with Gasteiger partial charge >= 0.3 is 11.8 Å². The molecule has 0 radical (unpaired) electrons. The molecule has 2 amide bonds. The van der Waals surface area contributed by atoms with Crippen LogP contribution >= 0.6 is 11.6 Å². The zero-order chi connectivity index (χ0) is 20.0. The van der Waals surface area contributed by atoms with Crippen molar-refractivity contribution in [3.05, 3.63) is 59.1 Å². The summed E-state index contributed by atoms with van der Waals surface area (Å²) in [7, 11) is 7.84. The number of carbonyl (C=O) groups is 2. The molecule has 2 rings (SSSR count). The standard InChI is InChI=1S/C20H25ClN4O2/c1-24(2)17-11-5-14(6-12-17)18(25(3)4)13-22-19(26)20(27)23-16-9-7-15(21)8-10-16/h5-12,18H,13H2,1-4H3,(H,22,26)(H,23,27). The molecule has 0 aliphatic rings. The maximum Gasteiger partial charge on any atom is 0.313 e. The predicted molar refractivity (Wildman–Crippen MR) is 110 cm³/mol. The molecule has 0 saturated carbocycles. The van der Waals surface area contributed by atoms with Crippen LogP contribution in [0.25, 0.3) is 0 Å². The summed E-state index contributed by atoms with van der Waals surface area (Å²) in [6.45, 7) is 0.321. The zero-order valence-electron chi connectivity index (χ0n) is 16.0. The van der Waals surface area contributed by atoms with Crippen LogP contribution in [0.3, 0.4) is 0 Å². The van der Waals surface area contributed by atoms with E-state index in [1.54, 1.807) is 24.3 Å². The largest absolute Gasteiger partial charge is 0.378 e. The summed E-state index contributed by atoms with van der Waals surface area (Å²) in [5.74, 6) is -1.39. The lowest BCUT2D eigenvalue weighted by molar-refractivity contribution is -0.136. The molecular formula is C20H25ClN4O2. The number of hydrogen-bond donors (Lipinski definition) is 2. The molecule has 0 aliphatic carbocycles. The van der Waals surface area contributed by atoms with Gasteiger partial charge in [0.15, 0.2) is 0 Å². The van der Waals surface area contributed by atoms with Crippen molar-refractivity contribution in [2.24, 2.45) is 0 Å². The van der Waals surface area contributed by atoms with Crippen LogP contribution in [-0.2, 0) is 9.59 Å². The summed E-state index contributed by atoms with van der Waals surface area (Å²) in [5, 5.41) is 5.82. The predicted octanol–water partition coefficient (Wildman–Crippen LogP) is 2.76. The summed E-state index contributed by atoms with van der Waals surface area (Å²) in [6, 6.07) is 14.6. The van der Waals surface area contributed by atoms with Crippen molar-refractivity contribution in [1.82, 2.24) is 10.2 Å². The van der Waals surface area contributed by atoms with Gasteiger partial charge < -0.3 is 20.4 Å². The lowest BCUT2D eigenvalue weighted by atomic mass is 10.1. The molecule has 7 heteroatoms. The number of nitrogens with zero attached hydrogens (tertiary/aromatic N) is 2. The number of anilines is 2. The van der Waals surface area contributed by atoms with Crippen molar-refractivity contribution in [3.63, 3.8) is 0 Å². The van der Waals surface area contributed by atoms with Gasteiger partial charge in [-0.15, -0.1) is 0 Å². The van der Waals surface area contributed by atoms with E-state index in [0.717, 1.165) is 11.3 Å². The van der Waals surface area contributed by atoms with Crippen molar-refractivity contribution in [2.45, 2.75) is 6.04 Å². The van der Waals surface area contributed by atoms with Crippen LogP contribution in [0, 0.1) is 0 Å². The summed E-state index contributed by atoms with van der Waals surface area (Å²) < 4.78 is 0. The highest BCUT2D eigenvalue weighted by Crippen LogP contribution is 2.21. The minimum Gasteiger partial charge on any atom is -0.378 e. The first kappa shape index (κ1) is 20.7. The Balaban J connectivity index is 1.97. The molecule has 0 heterocycles. The minimum atomic E-state index is -0.710. The minimum absolute atomic E-state index is 0.0477. The number of halogens is 1. The SMILES string of the molecule is CN(C)c1ccc(C(CNC(=O)C(=O)Nc2ccc(Cl)cc2)N(C)C)cc1. The molecule has 6 nitrogen and oxygen atoms in total. The number of carbonyl (C=O) groups excluding carboxylic acids is 2. The molecule has 0 fully saturated rings. The Morgan fingerprint density at radius 1 is 0.926 bits per heavy atom. The van der Waals surface area contributed by atoms with E-state index < -0.39 is 11.8 Å². The quantitative estimate of drug-likeness (QED) is 0.747. The second kappa shape index (κ2) is 9.39. The summed E-state index contributed by atoms with van der Waals surface area (Å²) in [6.07, 6.45) is 0. The second-order valence-corrected chi connectivity index (χ2v) is 7.07. The highest BCUT2D eigenvalue weighted by molar-refractivity contribution is 6.39. The van der Waals surface area contributed by atoms with Gasteiger partial charge in [0.1, 0.15) is 0 Å². The Labute approximate surface area is 165 Å². The molecule has 144 valence electrons. The lowest BCUT2D eigenvalue weighted by Gasteiger charge is -2.25. The molecular weight excluding hydrogens is 364 g/mol.